The van der Waals surface area contributed by atoms with Gasteiger partial charge in [-0.15, -0.1) is 5.92 Å². The van der Waals surface area contributed by atoms with Gasteiger partial charge in [-0.05, 0) is 13.3 Å². The third-order valence-corrected chi connectivity index (χ3v) is 1.06. The number of aliphatic hydroxyl groups is 1. The molecule has 8 heavy (non-hydrogen) atoms. The van der Waals surface area contributed by atoms with Crippen LogP contribution in [-0.4, -0.2) is 11.7 Å². The van der Waals surface area contributed by atoms with Crippen molar-refractivity contribution in [2.75, 3.05) is 6.61 Å². The van der Waals surface area contributed by atoms with Gasteiger partial charge in [-0.2, -0.15) is 0 Å². The highest BCUT2D eigenvalue weighted by Gasteiger charge is 1.95. The van der Waals surface area contributed by atoms with E-state index in [1.807, 2.05) is 6.92 Å². The first kappa shape index (κ1) is 7.52. The Morgan fingerprint density at radius 1 is 1.62 bits per heavy atom. The molecule has 0 saturated carbocycles. The van der Waals surface area contributed by atoms with Crippen molar-refractivity contribution in [3.63, 3.8) is 0 Å². The van der Waals surface area contributed by atoms with Gasteiger partial charge in [0, 0.05) is 5.92 Å². The van der Waals surface area contributed by atoms with Crippen LogP contribution in [0.25, 0.3) is 0 Å². The van der Waals surface area contributed by atoms with Crippen molar-refractivity contribution in [3.8, 4) is 11.8 Å². The lowest BCUT2D eigenvalue weighted by atomic mass is 10.1. The lowest BCUT2D eigenvalue weighted by Crippen LogP contribution is -1.99. The minimum atomic E-state index is 0.192. The number of hydrogen-bond donors (Lipinski definition) is 1. The van der Waals surface area contributed by atoms with Crippen LogP contribution >= 0.6 is 0 Å². The van der Waals surface area contributed by atoms with Gasteiger partial charge in [0.1, 0.15) is 0 Å². The second-order valence-corrected chi connectivity index (χ2v) is 1.68. The lowest BCUT2D eigenvalue weighted by molar-refractivity contribution is 0.254. The van der Waals surface area contributed by atoms with Gasteiger partial charge in [-0.25, -0.2) is 0 Å². The lowest BCUT2D eigenvalue weighted by Gasteiger charge is -1.98. The fourth-order valence-electron chi connectivity index (χ4n) is 0.481. The standard InChI is InChI=1S/C7H12O/c1-3-5-7(4-2)6-8/h7-8H,4,6H2,1-2H3. The van der Waals surface area contributed by atoms with Crippen LogP contribution in [0, 0.1) is 17.8 Å². The van der Waals surface area contributed by atoms with Crippen molar-refractivity contribution in [1.29, 1.82) is 0 Å². The molecule has 1 N–H and O–H groups in total. The Morgan fingerprint density at radius 3 is 2.38 bits per heavy atom. The molecule has 0 rings (SSSR count). The maximum Gasteiger partial charge on any atom is 0.0568 e. The second kappa shape index (κ2) is 4.67. The molecule has 0 aromatic rings. The summed E-state index contributed by atoms with van der Waals surface area (Å²) in [5.74, 6) is 5.84. The van der Waals surface area contributed by atoms with Crippen LogP contribution in [0.3, 0.4) is 0 Å². The van der Waals surface area contributed by atoms with Crippen LogP contribution < -0.4 is 0 Å². The Morgan fingerprint density at radius 2 is 2.25 bits per heavy atom. The molecule has 0 aromatic carbocycles. The Balaban J connectivity index is 3.47. The smallest absolute Gasteiger partial charge is 0.0568 e. The SMILES string of the molecule is CC#CC(CC)CO. The predicted molar refractivity (Wildman–Crippen MR) is 34.3 cm³/mol. The fraction of sp³-hybridized carbons (Fsp3) is 0.714. The maximum absolute atomic E-state index is 8.55. The summed E-state index contributed by atoms with van der Waals surface area (Å²) < 4.78 is 0. The molecule has 0 spiro atoms. The second-order valence-electron chi connectivity index (χ2n) is 1.68. The Hall–Kier alpha value is -0.480. The molecule has 0 aliphatic heterocycles. The largest absolute Gasteiger partial charge is 0.395 e. The highest BCUT2D eigenvalue weighted by atomic mass is 16.3. The molecule has 1 nitrogen and oxygen atoms in total. The molecule has 0 heterocycles. The average Bonchev–Trinajstić information content (AvgIpc) is 1.83. The Labute approximate surface area is 50.7 Å². The van der Waals surface area contributed by atoms with Crippen molar-refractivity contribution >= 4 is 0 Å². The number of aliphatic hydroxyl groups excluding tert-OH is 1. The van der Waals surface area contributed by atoms with E-state index in [0.29, 0.717) is 0 Å². The fourth-order valence-corrected chi connectivity index (χ4v) is 0.481. The molecule has 46 valence electrons. The quantitative estimate of drug-likeness (QED) is 0.529. The van der Waals surface area contributed by atoms with Crippen LogP contribution in [0.5, 0.6) is 0 Å². The van der Waals surface area contributed by atoms with Crippen molar-refractivity contribution in [3.05, 3.63) is 0 Å². The van der Waals surface area contributed by atoms with E-state index in [4.69, 9.17) is 5.11 Å². The number of hydrogen-bond acceptors (Lipinski definition) is 1. The van der Waals surface area contributed by atoms with Gasteiger partial charge in [0.05, 0.1) is 6.61 Å². The topological polar surface area (TPSA) is 20.2 Å². The van der Waals surface area contributed by atoms with E-state index in [9.17, 15) is 0 Å². The summed E-state index contributed by atoms with van der Waals surface area (Å²) in [6, 6.07) is 0. The van der Waals surface area contributed by atoms with E-state index in [0.717, 1.165) is 6.42 Å². The molecule has 0 fully saturated rings. The summed E-state index contributed by atoms with van der Waals surface area (Å²) in [4.78, 5) is 0. The highest BCUT2D eigenvalue weighted by molar-refractivity contribution is 5.00. The molecule has 0 saturated heterocycles. The van der Waals surface area contributed by atoms with E-state index in [-0.39, 0.29) is 12.5 Å². The molecule has 0 aliphatic rings. The number of rotatable bonds is 2. The zero-order valence-corrected chi connectivity index (χ0v) is 5.44. The highest BCUT2D eigenvalue weighted by Crippen LogP contribution is 1.96. The molecule has 0 amide bonds. The maximum atomic E-state index is 8.55. The Bertz CT molecular complexity index is 92.7. The molecule has 1 heteroatoms. The van der Waals surface area contributed by atoms with Crippen molar-refractivity contribution in [2.24, 2.45) is 5.92 Å². The molecule has 0 aliphatic carbocycles. The average molecular weight is 112 g/mol. The van der Waals surface area contributed by atoms with Crippen molar-refractivity contribution in [1.82, 2.24) is 0 Å². The van der Waals surface area contributed by atoms with Crippen LogP contribution in [0.15, 0.2) is 0 Å². The van der Waals surface area contributed by atoms with Gasteiger partial charge in [-0.1, -0.05) is 12.8 Å². The van der Waals surface area contributed by atoms with Crippen LogP contribution in [0.2, 0.25) is 0 Å². The minimum absolute atomic E-state index is 0.192. The molecule has 1 unspecified atom stereocenters. The molecule has 0 bridgehead atoms. The van der Waals surface area contributed by atoms with Crippen molar-refractivity contribution < 1.29 is 5.11 Å². The first-order valence-corrected chi connectivity index (χ1v) is 2.88. The molecule has 0 radical (unpaired) electrons. The zero-order chi connectivity index (χ0) is 6.41. The summed E-state index contributed by atoms with van der Waals surface area (Å²) in [6.07, 6.45) is 0.942. The predicted octanol–water partition coefficient (Wildman–Crippen LogP) is 1.03. The van der Waals surface area contributed by atoms with Gasteiger partial charge in [-0.3, -0.25) is 0 Å². The van der Waals surface area contributed by atoms with Gasteiger partial charge in [0.15, 0.2) is 0 Å². The first-order chi connectivity index (χ1) is 3.85. The van der Waals surface area contributed by atoms with E-state index in [1.54, 1.807) is 6.92 Å². The van der Waals surface area contributed by atoms with Crippen LogP contribution in [0.4, 0.5) is 0 Å². The van der Waals surface area contributed by atoms with E-state index >= 15 is 0 Å². The van der Waals surface area contributed by atoms with Crippen molar-refractivity contribution in [2.45, 2.75) is 20.3 Å². The molecule has 0 aromatic heterocycles. The van der Waals surface area contributed by atoms with Gasteiger partial charge in [0.25, 0.3) is 0 Å². The van der Waals surface area contributed by atoms with E-state index in [1.165, 1.54) is 0 Å². The summed E-state index contributed by atoms with van der Waals surface area (Å²) in [6.45, 7) is 4.00. The third kappa shape index (κ3) is 2.65. The molecular formula is C7H12O. The zero-order valence-electron chi connectivity index (χ0n) is 5.44. The Kier molecular flexibility index (Phi) is 4.39. The third-order valence-electron chi connectivity index (χ3n) is 1.06. The summed E-state index contributed by atoms with van der Waals surface area (Å²) in [5.41, 5.74) is 0. The van der Waals surface area contributed by atoms with Gasteiger partial charge < -0.3 is 5.11 Å². The summed E-state index contributed by atoms with van der Waals surface area (Å²) in [7, 11) is 0. The summed E-state index contributed by atoms with van der Waals surface area (Å²) >= 11 is 0. The molecular weight excluding hydrogens is 100 g/mol. The monoisotopic (exact) mass is 112 g/mol. The normalized spacial score (nSPS) is 11.9. The minimum Gasteiger partial charge on any atom is -0.395 e. The van der Waals surface area contributed by atoms with Gasteiger partial charge in [0.2, 0.25) is 0 Å². The van der Waals surface area contributed by atoms with Crippen LogP contribution in [-0.2, 0) is 0 Å². The van der Waals surface area contributed by atoms with E-state index < -0.39 is 0 Å². The molecule has 1 atom stereocenters. The summed E-state index contributed by atoms with van der Waals surface area (Å²) in [5, 5.41) is 8.55. The first-order valence-electron chi connectivity index (χ1n) is 2.88. The van der Waals surface area contributed by atoms with Gasteiger partial charge >= 0.3 is 0 Å². The van der Waals surface area contributed by atoms with Crippen LogP contribution in [0.1, 0.15) is 20.3 Å². The van der Waals surface area contributed by atoms with E-state index in [2.05, 4.69) is 11.8 Å².